The summed E-state index contributed by atoms with van der Waals surface area (Å²) in [6, 6.07) is 0. The minimum atomic E-state index is -0.955. The standard InChI is InChI=1S/C25H50O4.2C22H44O2/c1-2-3-4-5-6-7-8-9-10-11-12-13-14-15-16-17-18-19-20-21-25(28)29-23-24(27)22-26;2*1-2-3-4-5-6-7-8-9-10-11-12-13-14-15-16-17-18-19-20-21-22(23)24/h24,26-27H,2-23H2,1H3;2*2-21H2,1H3,(H,23,24). The lowest BCUT2D eigenvalue weighted by atomic mass is 10.0. The van der Waals surface area contributed by atoms with Crippen LogP contribution in [0.4, 0.5) is 0 Å². The highest BCUT2D eigenvalue weighted by molar-refractivity contribution is 5.69. The maximum Gasteiger partial charge on any atom is 0.305 e. The number of unbranched alkanes of at least 4 members (excludes halogenated alkanes) is 54. The van der Waals surface area contributed by atoms with Crippen molar-refractivity contribution in [2.75, 3.05) is 13.2 Å². The van der Waals surface area contributed by atoms with Gasteiger partial charge in [0.05, 0.1) is 6.61 Å². The van der Waals surface area contributed by atoms with E-state index in [-0.39, 0.29) is 19.2 Å². The minimum Gasteiger partial charge on any atom is -0.481 e. The first-order chi connectivity index (χ1) is 37.7. The number of aliphatic hydroxyl groups is 2. The fourth-order valence-electron chi connectivity index (χ4n) is 10.4. The normalized spacial score (nSPS) is 11.5. The van der Waals surface area contributed by atoms with Crippen molar-refractivity contribution in [3.05, 3.63) is 0 Å². The van der Waals surface area contributed by atoms with Gasteiger partial charge in [0.2, 0.25) is 0 Å². The summed E-state index contributed by atoms with van der Waals surface area (Å²) in [6.45, 7) is 6.37. The smallest absolute Gasteiger partial charge is 0.305 e. The Balaban J connectivity index is -0.00000107. The Morgan fingerprint density at radius 2 is 0.429 bits per heavy atom. The van der Waals surface area contributed by atoms with Crippen LogP contribution in [0.2, 0.25) is 0 Å². The van der Waals surface area contributed by atoms with E-state index in [1.54, 1.807) is 0 Å². The Bertz CT molecular complexity index is 1050. The molecule has 1 unspecified atom stereocenters. The highest BCUT2D eigenvalue weighted by atomic mass is 16.5. The monoisotopic (exact) mass is 1100 g/mol. The lowest BCUT2D eigenvalue weighted by molar-refractivity contribution is -0.147. The molecule has 0 aliphatic rings. The first-order valence-electron chi connectivity index (χ1n) is 34.6. The van der Waals surface area contributed by atoms with Gasteiger partial charge in [-0.05, 0) is 19.3 Å². The van der Waals surface area contributed by atoms with Crippen LogP contribution >= 0.6 is 0 Å². The number of carboxylic acids is 2. The Labute approximate surface area is 480 Å². The number of hydrogen-bond acceptors (Lipinski definition) is 6. The second kappa shape index (κ2) is 74.3. The SMILES string of the molecule is CCCCCCCCCCCCCCCCCCCCCC(=O)O.CCCCCCCCCCCCCCCCCCCCCC(=O)O.CCCCCCCCCCCCCCCCCCCCCC(=O)OCC(O)CO. The first-order valence-corrected chi connectivity index (χ1v) is 34.6. The summed E-state index contributed by atoms with van der Waals surface area (Å²) in [6.07, 6.45) is 77.1. The van der Waals surface area contributed by atoms with E-state index in [4.69, 9.17) is 25.2 Å². The second-order valence-corrected chi connectivity index (χ2v) is 23.6. The van der Waals surface area contributed by atoms with E-state index in [1.165, 1.54) is 327 Å². The summed E-state index contributed by atoms with van der Waals surface area (Å²) in [7, 11) is 0. The molecule has 0 amide bonds. The van der Waals surface area contributed by atoms with Crippen molar-refractivity contribution in [1.29, 1.82) is 0 Å². The van der Waals surface area contributed by atoms with Gasteiger partial charge in [-0.15, -0.1) is 0 Å². The molecule has 0 aromatic rings. The zero-order chi connectivity index (χ0) is 56.9. The fourth-order valence-corrected chi connectivity index (χ4v) is 10.4. The average Bonchev–Trinajstić information content (AvgIpc) is 3.42. The molecule has 8 nitrogen and oxygen atoms in total. The maximum absolute atomic E-state index is 11.4. The van der Waals surface area contributed by atoms with Gasteiger partial charge < -0.3 is 25.2 Å². The average molecular weight is 1100 g/mol. The van der Waals surface area contributed by atoms with Crippen molar-refractivity contribution in [3.63, 3.8) is 0 Å². The molecule has 0 aliphatic heterocycles. The van der Waals surface area contributed by atoms with Crippen molar-refractivity contribution in [2.45, 2.75) is 412 Å². The van der Waals surface area contributed by atoms with E-state index >= 15 is 0 Å². The van der Waals surface area contributed by atoms with Gasteiger partial charge in [-0.25, -0.2) is 0 Å². The first kappa shape index (κ1) is 79.6. The highest BCUT2D eigenvalue weighted by Gasteiger charge is 2.08. The number of aliphatic hydroxyl groups excluding tert-OH is 2. The molecular formula is C69H138O8. The van der Waals surface area contributed by atoms with Gasteiger partial charge in [-0.2, -0.15) is 0 Å². The van der Waals surface area contributed by atoms with Crippen LogP contribution < -0.4 is 0 Å². The maximum atomic E-state index is 11.4. The van der Waals surface area contributed by atoms with Gasteiger partial charge in [-0.1, -0.05) is 367 Å². The summed E-state index contributed by atoms with van der Waals surface area (Å²) < 4.78 is 4.88. The summed E-state index contributed by atoms with van der Waals surface area (Å²) in [5.74, 6) is -1.58. The number of aliphatic carboxylic acids is 2. The number of carbonyl (C=O) groups is 3. The topological polar surface area (TPSA) is 141 Å². The third-order valence-corrected chi connectivity index (χ3v) is 15.6. The van der Waals surface area contributed by atoms with E-state index < -0.39 is 18.0 Å². The van der Waals surface area contributed by atoms with Gasteiger partial charge in [-0.3, -0.25) is 14.4 Å². The number of carbonyl (C=O) groups excluding carboxylic acids is 1. The fraction of sp³-hybridized carbons (Fsp3) is 0.957. The van der Waals surface area contributed by atoms with Crippen LogP contribution in [0.3, 0.4) is 0 Å². The van der Waals surface area contributed by atoms with Crippen molar-refractivity contribution < 1.29 is 39.5 Å². The van der Waals surface area contributed by atoms with Crippen molar-refractivity contribution in [1.82, 2.24) is 0 Å². The van der Waals surface area contributed by atoms with Gasteiger partial charge >= 0.3 is 17.9 Å². The molecule has 77 heavy (non-hydrogen) atoms. The van der Waals surface area contributed by atoms with E-state index in [0.717, 1.165) is 38.5 Å². The summed E-state index contributed by atoms with van der Waals surface area (Å²) in [4.78, 5) is 32.2. The molecule has 8 heteroatoms. The van der Waals surface area contributed by atoms with Crippen LogP contribution in [0.1, 0.15) is 406 Å². The predicted molar refractivity (Wildman–Crippen MR) is 333 cm³/mol. The molecule has 0 fully saturated rings. The zero-order valence-electron chi connectivity index (χ0n) is 52.3. The van der Waals surface area contributed by atoms with Crippen LogP contribution in [0.25, 0.3) is 0 Å². The molecule has 4 N–H and O–H groups in total. The number of carboxylic acid groups (broad SMARTS) is 2. The van der Waals surface area contributed by atoms with Crippen LogP contribution in [-0.2, 0) is 19.1 Å². The lowest BCUT2D eigenvalue weighted by Gasteiger charge is -2.08. The van der Waals surface area contributed by atoms with Crippen molar-refractivity contribution in [3.8, 4) is 0 Å². The molecule has 0 saturated heterocycles. The third kappa shape index (κ3) is 83.3. The molecular weight excluding hydrogens is 957 g/mol. The van der Waals surface area contributed by atoms with Crippen molar-refractivity contribution in [2.24, 2.45) is 0 Å². The Morgan fingerprint density at radius 1 is 0.273 bits per heavy atom. The number of hydrogen-bond donors (Lipinski definition) is 4. The van der Waals surface area contributed by atoms with Crippen LogP contribution in [0, 0.1) is 0 Å². The highest BCUT2D eigenvalue weighted by Crippen LogP contribution is 2.18. The van der Waals surface area contributed by atoms with Crippen LogP contribution in [-0.4, -0.2) is 57.7 Å². The third-order valence-electron chi connectivity index (χ3n) is 15.6. The molecule has 0 spiro atoms. The van der Waals surface area contributed by atoms with Gasteiger partial charge in [0, 0.05) is 19.3 Å². The summed E-state index contributed by atoms with van der Waals surface area (Å²) in [5.41, 5.74) is 0. The molecule has 0 radical (unpaired) electrons. The lowest BCUT2D eigenvalue weighted by Crippen LogP contribution is -2.21. The Kier molecular flexibility index (Phi) is 76.8. The molecule has 0 aromatic carbocycles. The van der Waals surface area contributed by atoms with E-state index in [9.17, 15) is 14.4 Å². The van der Waals surface area contributed by atoms with Gasteiger partial charge in [0.25, 0.3) is 0 Å². The number of esters is 1. The molecule has 1 atom stereocenters. The number of ether oxygens (including phenoxy) is 1. The molecule has 0 heterocycles. The molecule has 0 aromatic heterocycles. The molecule has 0 saturated carbocycles. The quantitative estimate of drug-likeness (QED) is 0.0349. The molecule has 0 aliphatic carbocycles. The van der Waals surface area contributed by atoms with Gasteiger partial charge in [0.1, 0.15) is 12.7 Å². The largest absolute Gasteiger partial charge is 0.481 e. The van der Waals surface area contributed by atoms with Crippen molar-refractivity contribution >= 4 is 17.9 Å². The summed E-state index contributed by atoms with van der Waals surface area (Å²) in [5, 5.41) is 34.9. The predicted octanol–water partition coefficient (Wildman–Crippen LogP) is 22.5. The number of rotatable bonds is 63. The molecule has 0 rings (SSSR count). The molecule has 462 valence electrons. The van der Waals surface area contributed by atoms with Crippen LogP contribution in [0.15, 0.2) is 0 Å². The van der Waals surface area contributed by atoms with Gasteiger partial charge in [0.15, 0.2) is 0 Å². The second-order valence-electron chi connectivity index (χ2n) is 23.6. The molecule has 0 bridgehead atoms. The van der Waals surface area contributed by atoms with Crippen LogP contribution in [0.5, 0.6) is 0 Å². The minimum absolute atomic E-state index is 0.103. The summed E-state index contributed by atoms with van der Waals surface area (Å²) >= 11 is 0. The van der Waals surface area contributed by atoms with E-state index in [1.807, 2.05) is 0 Å². The zero-order valence-corrected chi connectivity index (χ0v) is 52.3. The van der Waals surface area contributed by atoms with E-state index in [0.29, 0.717) is 19.3 Å². The Morgan fingerprint density at radius 3 is 0.584 bits per heavy atom. The Hall–Kier alpha value is -1.67. The van der Waals surface area contributed by atoms with E-state index in [2.05, 4.69) is 20.8 Å².